The van der Waals surface area contributed by atoms with E-state index in [4.69, 9.17) is 10.5 Å². The van der Waals surface area contributed by atoms with E-state index in [1.807, 2.05) is 18.2 Å². The highest BCUT2D eigenvalue weighted by Crippen LogP contribution is 2.15. The van der Waals surface area contributed by atoms with Gasteiger partial charge in [0, 0.05) is 5.69 Å². The normalized spacial score (nSPS) is 15.7. The average molecular weight is 219 g/mol. The molecule has 1 heterocycles. The zero-order chi connectivity index (χ0) is 11.2. The van der Waals surface area contributed by atoms with Crippen molar-refractivity contribution < 1.29 is 4.74 Å². The molecule has 0 radical (unpaired) electrons. The second kappa shape index (κ2) is 5.63. The number of ether oxygens (including phenoxy) is 1. The molecule has 0 aliphatic carbocycles. The topological polar surface area (TPSA) is 59.6 Å². The molecule has 1 aliphatic heterocycles. The number of anilines is 1. The van der Waals surface area contributed by atoms with Crippen LogP contribution in [0.1, 0.15) is 5.56 Å². The molecule has 4 heteroatoms. The number of hydrogen-bond donors (Lipinski definition) is 2. The molecule has 0 bridgehead atoms. The maximum Gasteiger partial charge on any atom is 0.127 e. The number of nitrogens with one attached hydrogen (secondary N) is 1. The minimum absolute atomic E-state index is 0.566. The lowest BCUT2D eigenvalue weighted by atomic mass is 10.1. The first kappa shape index (κ1) is 11.1. The largest absolute Gasteiger partial charge is 0.372 e. The molecule has 0 aromatic heterocycles. The van der Waals surface area contributed by atoms with E-state index in [1.54, 1.807) is 0 Å². The predicted octanol–water partition coefficient (Wildman–Crippen LogP) is 1.03. The molecule has 1 aromatic carbocycles. The molecule has 1 aromatic rings. The van der Waals surface area contributed by atoms with Crippen LogP contribution in [0.15, 0.2) is 29.3 Å². The van der Waals surface area contributed by atoms with Crippen LogP contribution in [0.2, 0.25) is 0 Å². The standard InChI is InChI=1S/C12H17N3O/c13-6-5-10-3-1-2-4-11(10)15-12-9-16-8-7-14-12/h1-4H,5-9,13H2,(H,14,15). The van der Waals surface area contributed by atoms with Gasteiger partial charge < -0.3 is 15.8 Å². The van der Waals surface area contributed by atoms with E-state index in [-0.39, 0.29) is 0 Å². The van der Waals surface area contributed by atoms with Crippen molar-refractivity contribution >= 4 is 11.5 Å². The molecule has 0 unspecified atom stereocenters. The van der Waals surface area contributed by atoms with E-state index in [0.717, 1.165) is 31.1 Å². The van der Waals surface area contributed by atoms with Gasteiger partial charge in [0.15, 0.2) is 0 Å². The van der Waals surface area contributed by atoms with Crippen LogP contribution in [0.25, 0.3) is 0 Å². The zero-order valence-electron chi connectivity index (χ0n) is 9.28. The highest BCUT2D eigenvalue weighted by molar-refractivity contribution is 5.97. The molecule has 0 atom stereocenters. The van der Waals surface area contributed by atoms with Crippen LogP contribution in [-0.2, 0) is 11.2 Å². The van der Waals surface area contributed by atoms with E-state index in [2.05, 4.69) is 16.4 Å². The van der Waals surface area contributed by atoms with Crippen LogP contribution in [0.4, 0.5) is 5.69 Å². The van der Waals surface area contributed by atoms with Crippen LogP contribution in [0.5, 0.6) is 0 Å². The van der Waals surface area contributed by atoms with Crippen molar-refractivity contribution in [2.24, 2.45) is 10.7 Å². The van der Waals surface area contributed by atoms with Crippen molar-refractivity contribution in [3.63, 3.8) is 0 Å². The Morgan fingerprint density at radius 3 is 3.00 bits per heavy atom. The van der Waals surface area contributed by atoms with Crippen molar-refractivity contribution in [2.45, 2.75) is 6.42 Å². The minimum atomic E-state index is 0.566. The molecule has 4 nitrogen and oxygen atoms in total. The van der Waals surface area contributed by atoms with E-state index < -0.39 is 0 Å². The number of rotatable bonds is 3. The van der Waals surface area contributed by atoms with Gasteiger partial charge in [-0.15, -0.1) is 0 Å². The first-order valence-electron chi connectivity index (χ1n) is 5.56. The van der Waals surface area contributed by atoms with Gasteiger partial charge in [-0.05, 0) is 24.6 Å². The molecule has 0 spiro atoms. The summed E-state index contributed by atoms with van der Waals surface area (Å²) in [6, 6.07) is 8.16. The van der Waals surface area contributed by atoms with Crippen LogP contribution >= 0.6 is 0 Å². The lowest BCUT2D eigenvalue weighted by molar-refractivity contribution is 0.171. The number of hydrogen-bond acceptors (Lipinski definition) is 4. The van der Waals surface area contributed by atoms with Crippen LogP contribution < -0.4 is 11.1 Å². The summed E-state index contributed by atoms with van der Waals surface area (Å²) in [6.45, 7) is 2.68. The Bertz CT molecular complexity index is 376. The second-order valence-corrected chi connectivity index (χ2v) is 3.70. The minimum Gasteiger partial charge on any atom is -0.372 e. The number of para-hydroxylation sites is 1. The fraction of sp³-hybridized carbons (Fsp3) is 0.417. The number of aliphatic imine (C=N–C) groups is 1. The molecule has 0 saturated heterocycles. The first-order chi connectivity index (χ1) is 7.90. The van der Waals surface area contributed by atoms with Gasteiger partial charge in [0.2, 0.25) is 0 Å². The quantitative estimate of drug-likeness (QED) is 0.798. The third kappa shape index (κ3) is 2.81. The van der Waals surface area contributed by atoms with Crippen molar-refractivity contribution in [1.29, 1.82) is 0 Å². The van der Waals surface area contributed by atoms with Crippen molar-refractivity contribution in [2.75, 3.05) is 31.6 Å². The highest BCUT2D eigenvalue weighted by Gasteiger charge is 2.07. The lowest BCUT2D eigenvalue weighted by Gasteiger charge is -2.16. The van der Waals surface area contributed by atoms with Gasteiger partial charge in [-0.1, -0.05) is 18.2 Å². The predicted molar refractivity (Wildman–Crippen MR) is 65.9 cm³/mol. The first-order valence-corrected chi connectivity index (χ1v) is 5.56. The van der Waals surface area contributed by atoms with E-state index >= 15 is 0 Å². The molecule has 0 amide bonds. The summed E-state index contributed by atoms with van der Waals surface area (Å²) in [6.07, 6.45) is 0.872. The number of nitrogens with zero attached hydrogens (tertiary/aromatic N) is 1. The number of benzene rings is 1. The maximum absolute atomic E-state index is 5.58. The summed E-state index contributed by atoms with van der Waals surface area (Å²) in [5, 5.41) is 3.30. The van der Waals surface area contributed by atoms with Crippen LogP contribution in [-0.4, -0.2) is 32.1 Å². The average Bonchev–Trinajstić information content (AvgIpc) is 2.33. The fourth-order valence-electron chi connectivity index (χ4n) is 1.71. The molecule has 86 valence electrons. The summed E-state index contributed by atoms with van der Waals surface area (Å²) >= 11 is 0. The maximum atomic E-state index is 5.58. The second-order valence-electron chi connectivity index (χ2n) is 3.70. The number of amidine groups is 1. The Morgan fingerprint density at radius 1 is 1.38 bits per heavy atom. The molecular formula is C12H17N3O. The summed E-state index contributed by atoms with van der Waals surface area (Å²) in [5.74, 6) is 0.899. The molecular weight excluding hydrogens is 202 g/mol. The Hall–Kier alpha value is -1.39. The number of nitrogens with two attached hydrogens (primary N) is 1. The summed E-state index contributed by atoms with van der Waals surface area (Å²) in [5.41, 5.74) is 7.88. The molecule has 16 heavy (non-hydrogen) atoms. The van der Waals surface area contributed by atoms with E-state index in [1.165, 1.54) is 5.56 Å². The smallest absolute Gasteiger partial charge is 0.127 e. The molecule has 2 rings (SSSR count). The van der Waals surface area contributed by atoms with E-state index in [9.17, 15) is 0 Å². The van der Waals surface area contributed by atoms with Crippen molar-refractivity contribution in [3.8, 4) is 0 Å². The fourth-order valence-corrected chi connectivity index (χ4v) is 1.71. The molecule has 3 N–H and O–H groups in total. The molecule has 0 fully saturated rings. The van der Waals surface area contributed by atoms with Crippen LogP contribution in [0.3, 0.4) is 0 Å². The molecule has 1 aliphatic rings. The summed E-state index contributed by atoms with van der Waals surface area (Å²) in [4.78, 5) is 4.38. The van der Waals surface area contributed by atoms with Crippen molar-refractivity contribution in [1.82, 2.24) is 0 Å². The third-order valence-corrected chi connectivity index (χ3v) is 2.49. The summed E-state index contributed by atoms with van der Waals surface area (Å²) < 4.78 is 5.34. The van der Waals surface area contributed by atoms with Gasteiger partial charge in [-0.2, -0.15) is 0 Å². The lowest BCUT2D eigenvalue weighted by Crippen LogP contribution is -2.25. The SMILES string of the molecule is NCCc1ccccc1NC1=NCCOC1. The summed E-state index contributed by atoms with van der Waals surface area (Å²) in [7, 11) is 0. The monoisotopic (exact) mass is 219 g/mol. The molecule has 0 saturated carbocycles. The van der Waals surface area contributed by atoms with Gasteiger partial charge in [-0.25, -0.2) is 0 Å². The zero-order valence-corrected chi connectivity index (χ0v) is 9.28. The Kier molecular flexibility index (Phi) is 3.91. The highest BCUT2D eigenvalue weighted by atomic mass is 16.5. The van der Waals surface area contributed by atoms with Gasteiger partial charge in [0.1, 0.15) is 12.4 Å². The van der Waals surface area contributed by atoms with E-state index in [0.29, 0.717) is 13.2 Å². The Morgan fingerprint density at radius 2 is 2.25 bits per heavy atom. The van der Waals surface area contributed by atoms with Crippen molar-refractivity contribution in [3.05, 3.63) is 29.8 Å². The van der Waals surface area contributed by atoms with Gasteiger partial charge in [0.05, 0.1) is 13.2 Å². The Labute approximate surface area is 95.5 Å². The van der Waals surface area contributed by atoms with Gasteiger partial charge in [0.25, 0.3) is 0 Å². The third-order valence-electron chi connectivity index (χ3n) is 2.49. The van der Waals surface area contributed by atoms with Crippen LogP contribution in [0, 0.1) is 0 Å². The Balaban J connectivity index is 2.10. The van der Waals surface area contributed by atoms with Gasteiger partial charge >= 0.3 is 0 Å². The van der Waals surface area contributed by atoms with Gasteiger partial charge in [-0.3, -0.25) is 4.99 Å².